The molecule has 1 aromatic rings. The van der Waals surface area contributed by atoms with Crippen molar-refractivity contribution in [3.8, 4) is 0 Å². The van der Waals surface area contributed by atoms with Crippen LogP contribution in [0.25, 0.3) is 6.08 Å². The summed E-state index contributed by atoms with van der Waals surface area (Å²) in [5.74, 6) is 0.646. The van der Waals surface area contributed by atoms with Gasteiger partial charge in [0, 0.05) is 18.0 Å². The average molecular weight is 264 g/mol. The van der Waals surface area contributed by atoms with Gasteiger partial charge in [-0.1, -0.05) is 0 Å². The second kappa shape index (κ2) is 4.69. The van der Waals surface area contributed by atoms with Crippen LogP contribution in [0.5, 0.6) is 0 Å². The van der Waals surface area contributed by atoms with Crippen molar-refractivity contribution in [3.63, 3.8) is 0 Å². The lowest BCUT2D eigenvalue weighted by Crippen LogP contribution is -2.41. The summed E-state index contributed by atoms with van der Waals surface area (Å²) < 4.78 is 25.4. The molecule has 19 heavy (non-hydrogen) atoms. The van der Waals surface area contributed by atoms with Crippen molar-refractivity contribution < 1.29 is 13.7 Å². The van der Waals surface area contributed by atoms with Gasteiger partial charge in [0.2, 0.25) is 0 Å². The minimum absolute atomic E-state index is 0.480. The van der Waals surface area contributed by atoms with Gasteiger partial charge in [-0.3, -0.25) is 0 Å². The Kier molecular flexibility index (Phi) is 3.49. The van der Waals surface area contributed by atoms with Crippen LogP contribution in [0.4, 0.5) is 4.39 Å². The number of rotatable bonds is 2. The minimum Gasteiger partial charge on any atom is -0.398 e. The van der Waals surface area contributed by atoms with Gasteiger partial charge in [-0.15, -0.1) is 0 Å². The van der Waals surface area contributed by atoms with E-state index in [1.54, 1.807) is 19.3 Å². The molecule has 0 saturated carbocycles. The zero-order chi connectivity index (χ0) is 14.3. The molecule has 0 bridgehead atoms. The fourth-order valence-corrected chi connectivity index (χ4v) is 1.66. The highest BCUT2D eigenvalue weighted by atomic mass is 19.1. The van der Waals surface area contributed by atoms with E-state index in [0.717, 1.165) is 0 Å². The van der Waals surface area contributed by atoms with Crippen molar-refractivity contribution in [1.82, 2.24) is 9.97 Å². The molecule has 2 heterocycles. The molecule has 0 amide bonds. The Hall–Kier alpha value is -1.27. The van der Waals surface area contributed by atoms with E-state index in [1.165, 1.54) is 6.08 Å². The topological polar surface area (TPSA) is 44.2 Å². The fraction of sp³-hybridized carbons (Fsp3) is 0.538. The highest BCUT2D eigenvalue weighted by molar-refractivity contribution is 6.54. The van der Waals surface area contributed by atoms with Crippen LogP contribution in [0.1, 0.15) is 39.1 Å². The van der Waals surface area contributed by atoms with Crippen LogP contribution < -0.4 is 0 Å². The van der Waals surface area contributed by atoms with Crippen LogP contribution in [0.15, 0.2) is 18.1 Å². The molecular weight excluding hydrogens is 246 g/mol. The monoisotopic (exact) mass is 264 g/mol. The zero-order valence-corrected chi connectivity index (χ0v) is 11.9. The SMILES string of the molecule is Cc1ncc(C=C(F)B2OC(C)(C)C(C)(C)O2)cn1. The maximum absolute atomic E-state index is 14.1. The Bertz CT molecular complexity index is 484. The van der Waals surface area contributed by atoms with Crippen molar-refractivity contribution in [2.24, 2.45) is 0 Å². The molecule has 0 atom stereocenters. The Labute approximate surface area is 113 Å². The van der Waals surface area contributed by atoms with Crippen LogP contribution in [-0.2, 0) is 9.31 Å². The molecule has 6 heteroatoms. The van der Waals surface area contributed by atoms with Gasteiger partial charge in [-0.25, -0.2) is 14.4 Å². The second-order valence-corrected chi connectivity index (χ2v) is 5.68. The van der Waals surface area contributed by atoms with E-state index >= 15 is 0 Å². The summed E-state index contributed by atoms with van der Waals surface area (Å²) in [7, 11) is -0.980. The van der Waals surface area contributed by atoms with Gasteiger partial charge >= 0.3 is 7.12 Å². The van der Waals surface area contributed by atoms with Crippen LogP contribution in [0, 0.1) is 6.92 Å². The molecule has 1 aliphatic heterocycles. The first-order chi connectivity index (χ1) is 8.71. The van der Waals surface area contributed by atoms with Gasteiger partial charge in [0.1, 0.15) is 11.6 Å². The Morgan fingerprint density at radius 1 is 1.16 bits per heavy atom. The number of hydrogen-bond acceptors (Lipinski definition) is 4. The normalized spacial score (nSPS) is 21.8. The third-order valence-corrected chi connectivity index (χ3v) is 3.58. The predicted octanol–water partition coefficient (Wildman–Crippen LogP) is 2.73. The molecule has 4 nitrogen and oxygen atoms in total. The van der Waals surface area contributed by atoms with Crippen molar-refractivity contribution in [2.75, 3.05) is 0 Å². The molecule has 102 valence electrons. The van der Waals surface area contributed by atoms with Crippen molar-refractivity contribution in [2.45, 2.75) is 45.8 Å². The Morgan fingerprint density at radius 3 is 2.11 bits per heavy atom. The molecule has 1 saturated heterocycles. The summed E-state index contributed by atoms with van der Waals surface area (Å²) in [6.45, 7) is 9.31. The van der Waals surface area contributed by atoms with E-state index in [4.69, 9.17) is 9.31 Å². The molecule has 1 aliphatic rings. The third-order valence-electron chi connectivity index (χ3n) is 3.58. The van der Waals surface area contributed by atoms with Gasteiger partial charge in [0.25, 0.3) is 0 Å². The highest BCUT2D eigenvalue weighted by Crippen LogP contribution is 2.38. The lowest BCUT2D eigenvalue weighted by molar-refractivity contribution is 0.00578. The van der Waals surface area contributed by atoms with Crippen LogP contribution in [-0.4, -0.2) is 28.3 Å². The average Bonchev–Trinajstić information content (AvgIpc) is 2.51. The maximum atomic E-state index is 14.1. The predicted molar refractivity (Wildman–Crippen MR) is 71.9 cm³/mol. The highest BCUT2D eigenvalue weighted by Gasteiger charge is 2.53. The molecule has 0 spiro atoms. The number of halogens is 1. The van der Waals surface area contributed by atoms with Gasteiger partial charge in [0.05, 0.1) is 11.2 Å². The van der Waals surface area contributed by atoms with E-state index in [9.17, 15) is 4.39 Å². The van der Waals surface area contributed by atoms with E-state index in [2.05, 4.69) is 9.97 Å². The van der Waals surface area contributed by atoms with Gasteiger partial charge in [0.15, 0.2) is 0 Å². The second-order valence-electron chi connectivity index (χ2n) is 5.68. The summed E-state index contributed by atoms with van der Waals surface area (Å²) in [4.78, 5) is 8.02. The third kappa shape index (κ3) is 2.85. The summed E-state index contributed by atoms with van der Waals surface area (Å²) in [5, 5.41) is 0. The molecule has 1 fully saturated rings. The standard InChI is InChI=1S/C13H18BFN2O2/c1-9-16-7-10(8-17-9)6-11(15)14-18-12(2,3)13(4,5)19-14/h6-8H,1-5H3. The lowest BCUT2D eigenvalue weighted by atomic mass is 9.87. The Morgan fingerprint density at radius 2 is 1.63 bits per heavy atom. The van der Waals surface area contributed by atoms with Gasteiger partial charge in [-0.05, 0) is 40.7 Å². The van der Waals surface area contributed by atoms with Crippen molar-refractivity contribution in [3.05, 3.63) is 29.5 Å². The van der Waals surface area contributed by atoms with Crippen LogP contribution in [0.2, 0.25) is 0 Å². The fourth-order valence-electron chi connectivity index (χ4n) is 1.66. The molecule has 2 rings (SSSR count). The van der Waals surface area contributed by atoms with Crippen molar-refractivity contribution >= 4 is 13.2 Å². The number of aromatic nitrogens is 2. The summed E-state index contributed by atoms with van der Waals surface area (Å²) >= 11 is 0. The van der Waals surface area contributed by atoms with E-state index in [0.29, 0.717) is 11.4 Å². The smallest absolute Gasteiger partial charge is 0.398 e. The van der Waals surface area contributed by atoms with E-state index < -0.39 is 24.0 Å². The van der Waals surface area contributed by atoms with E-state index in [-0.39, 0.29) is 0 Å². The number of aryl methyl sites for hydroxylation is 1. The van der Waals surface area contributed by atoms with Gasteiger partial charge in [-0.2, -0.15) is 0 Å². The van der Waals surface area contributed by atoms with Crippen LogP contribution >= 0.6 is 0 Å². The minimum atomic E-state index is -0.980. The summed E-state index contributed by atoms with van der Waals surface area (Å²) in [6, 6.07) is 0. The number of hydrogen-bond donors (Lipinski definition) is 0. The Balaban J connectivity index is 2.17. The first-order valence-electron chi connectivity index (χ1n) is 6.23. The first kappa shape index (κ1) is 14.2. The molecule has 0 unspecified atom stereocenters. The molecule has 0 aromatic carbocycles. The quantitative estimate of drug-likeness (QED) is 0.770. The largest absolute Gasteiger partial charge is 0.525 e. The molecule has 0 radical (unpaired) electrons. The van der Waals surface area contributed by atoms with Crippen molar-refractivity contribution in [1.29, 1.82) is 0 Å². The van der Waals surface area contributed by atoms with E-state index in [1.807, 2.05) is 27.7 Å². The molecular formula is C13H18BFN2O2. The first-order valence-corrected chi connectivity index (χ1v) is 6.23. The zero-order valence-electron chi connectivity index (χ0n) is 11.9. The summed E-state index contributed by atoms with van der Waals surface area (Å²) in [5.41, 5.74) is -0.997. The maximum Gasteiger partial charge on any atom is 0.525 e. The molecule has 0 aliphatic carbocycles. The molecule has 0 N–H and O–H groups in total. The summed E-state index contributed by atoms with van der Waals surface area (Å²) in [6.07, 6.45) is 4.46. The number of nitrogens with zero attached hydrogens (tertiary/aromatic N) is 2. The van der Waals surface area contributed by atoms with Gasteiger partial charge < -0.3 is 9.31 Å². The molecule has 1 aromatic heterocycles. The van der Waals surface area contributed by atoms with Crippen LogP contribution in [0.3, 0.4) is 0 Å². The lowest BCUT2D eigenvalue weighted by Gasteiger charge is -2.32.